The molecule has 0 spiro atoms. The summed E-state index contributed by atoms with van der Waals surface area (Å²) in [5.41, 5.74) is 3.78. The van der Waals surface area contributed by atoms with E-state index in [-0.39, 0.29) is 5.88 Å². The highest BCUT2D eigenvalue weighted by molar-refractivity contribution is 6.28. The van der Waals surface area contributed by atoms with Crippen molar-refractivity contribution in [2.45, 2.75) is 19.4 Å². The van der Waals surface area contributed by atoms with E-state index in [2.05, 4.69) is 5.32 Å². The van der Waals surface area contributed by atoms with E-state index in [0.29, 0.717) is 0 Å². The first-order valence-electron chi connectivity index (χ1n) is 3.77. The highest BCUT2D eigenvalue weighted by atomic mass is 35.5. The SMILES string of the molecule is CC(C)(NC(=O)NC(=O)CCl)C(N)=O. The molecular weight excluding hydrogens is 210 g/mol. The van der Waals surface area contributed by atoms with Crippen LogP contribution in [-0.4, -0.2) is 29.3 Å². The zero-order valence-electron chi connectivity index (χ0n) is 7.89. The van der Waals surface area contributed by atoms with Crippen LogP contribution in [0.15, 0.2) is 0 Å². The van der Waals surface area contributed by atoms with Gasteiger partial charge >= 0.3 is 6.03 Å². The van der Waals surface area contributed by atoms with Crippen LogP contribution in [0, 0.1) is 0 Å². The molecule has 6 nitrogen and oxygen atoms in total. The number of urea groups is 1. The summed E-state index contributed by atoms with van der Waals surface area (Å²) in [6.07, 6.45) is 0. The number of amides is 4. The highest BCUT2D eigenvalue weighted by Gasteiger charge is 2.27. The summed E-state index contributed by atoms with van der Waals surface area (Å²) in [7, 11) is 0. The molecular formula is C7H12ClN3O3. The van der Waals surface area contributed by atoms with Gasteiger partial charge < -0.3 is 11.1 Å². The zero-order valence-corrected chi connectivity index (χ0v) is 8.64. The second-order valence-corrected chi connectivity index (χ2v) is 3.39. The molecule has 0 aliphatic heterocycles. The third kappa shape index (κ3) is 4.08. The molecule has 0 radical (unpaired) electrons. The average Bonchev–Trinajstić information content (AvgIpc) is 2.02. The molecule has 0 aromatic heterocycles. The molecule has 7 heteroatoms. The van der Waals surface area contributed by atoms with Gasteiger partial charge in [-0.15, -0.1) is 11.6 Å². The van der Waals surface area contributed by atoms with Gasteiger partial charge in [0.15, 0.2) is 0 Å². The Hall–Kier alpha value is -1.30. The molecule has 0 saturated carbocycles. The van der Waals surface area contributed by atoms with Crippen LogP contribution in [0.25, 0.3) is 0 Å². The van der Waals surface area contributed by atoms with Crippen molar-refractivity contribution >= 4 is 29.4 Å². The Labute approximate surface area is 86.2 Å². The van der Waals surface area contributed by atoms with Crippen LogP contribution in [0.3, 0.4) is 0 Å². The Balaban J connectivity index is 4.19. The van der Waals surface area contributed by atoms with E-state index >= 15 is 0 Å². The summed E-state index contributed by atoms with van der Waals surface area (Å²) < 4.78 is 0. The van der Waals surface area contributed by atoms with Crippen LogP contribution in [0.1, 0.15) is 13.8 Å². The number of nitrogens with one attached hydrogen (secondary N) is 2. The predicted molar refractivity (Wildman–Crippen MR) is 50.7 cm³/mol. The lowest BCUT2D eigenvalue weighted by molar-refractivity contribution is -0.123. The van der Waals surface area contributed by atoms with Crippen LogP contribution < -0.4 is 16.4 Å². The van der Waals surface area contributed by atoms with Gasteiger partial charge in [0, 0.05) is 0 Å². The van der Waals surface area contributed by atoms with E-state index in [4.69, 9.17) is 17.3 Å². The van der Waals surface area contributed by atoms with Crippen LogP contribution >= 0.6 is 11.6 Å². The maximum absolute atomic E-state index is 11.0. The number of nitrogens with two attached hydrogens (primary N) is 1. The van der Waals surface area contributed by atoms with Gasteiger partial charge in [0.25, 0.3) is 0 Å². The summed E-state index contributed by atoms with van der Waals surface area (Å²) in [6.45, 7) is 2.83. The quantitative estimate of drug-likeness (QED) is 0.550. The summed E-state index contributed by atoms with van der Waals surface area (Å²) in [6, 6.07) is -0.806. The van der Waals surface area contributed by atoms with Crippen molar-refractivity contribution < 1.29 is 14.4 Å². The number of imide groups is 1. The number of carbonyl (C=O) groups is 3. The van der Waals surface area contributed by atoms with Crippen LogP contribution in [-0.2, 0) is 9.59 Å². The standard InChI is InChI=1S/C7H12ClN3O3/c1-7(2,5(9)13)11-6(14)10-4(12)3-8/h3H2,1-2H3,(H2,9,13)(H2,10,11,12,14). The summed E-state index contributed by atoms with van der Waals surface area (Å²) in [5, 5.41) is 4.13. The average molecular weight is 222 g/mol. The molecule has 80 valence electrons. The Morgan fingerprint density at radius 3 is 2.21 bits per heavy atom. The van der Waals surface area contributed by atoms with E-state index in [9.17, 15) is 14.4 Å². The molecule has 0 aromatic carbocycles. The maximum atomic E-state index is 11.0. The van der Waals surface area contributed by atoms with Crippen molar-refractivity contribution in [2.24, 2.45) is 5.73 Å². The lowest BCUT2D eigenvalue weighted by Crippen LogP contribution is -2.56. The van der Waals surface area contributed by atoms with Crippen molar-refractivity contribution in [1.82, 2.24) is 10.6 Å². The van der Waals surface area contributed by atoms with E-state index in [1.165, 1.54) is 13.8 Å². The molecule has 14 heavy (non-hydrogen) atoms. The number of carbonyl (C=O) groups excluding carboxylic acids is 3. The van der Waals surface area contributed by atoms with Gasteiger partial charge in [0.2, 0.25) is 11.8 Å². The van der Waals surface area contributed by atoms with E-state index < -0.39 is 23.4 Å². The van der Waals surface area contributed by atoms with Crippen molar-refractivity contribution in [3.63, 3.8) is 0 Å². The van der Waals surface area contributed by atoms with Crippen LogP contribution in [0.2, 0.25) is 0 Å². The Morgan fingerprint density at radius 2 is 1.86 bits per heavy atom. The monoisotopic (exact) mass is 221 g/mol. The first kappa shape index (κ1) is 12.7. The number of primary amides is 1. The molecule has 4 N–H and O–H groups in total. The fourth-order valence-electron chi connectivity index (χ4n) is 0.537. The van der Waals surface area contributed by atoms with Crippen molar-refractivity contribution in [3.8, 4) is 0 Å². The van der Waals surface area contributed by atoms with Gasteiger partial charge in [-0.25, -0.2) is 4.79 Å². The molecule has 0 heterocycles. The lowest BCUT2D eigenvalue weighted by Gasteiger charge is -2.21. The molecule has 0 aliphatic rings. The number of rotatable bonds is 3. The molecule has 0 atom stereocenters. The Kier molecular flexibility index (Phi) is 4.36. The third-order valence-corrected chi connectivity index (χ3v) is 1.66. The predicted octanol–water partition coefficient (Wildman–Crippen LogP) is -0.685. The zero-order chi connectivity index (χ0) is 11.4. The van der Waals surface area contributed by atoms with Gasteiger partial charge in [-0.2, -0.15) is 0 Å². The molecule has 0 fully saturated rings. The third-order valence-electron chi connectivity index (χ3n) is 1.42. The number of alkyl halides is 1. The smallest absolute Gasteiger partial charge is 0.322 e. The van der Waals surface area contributed by atoms with Crippen molar-refractivity contribution in [2.75, 3.05) is 5.88 Å². The number of hydrogen-bond acceptors (Lipinski definition) is 3. The largest absolute Gasteiger partial charge is 0.368 e. The Morgan fingerprint density at radius 1 is 1.36 bits per heavy atom. The summed E-state index contributed by atoms with van der Waals surface area (Å²) in [5.74, 6) is -1.68. The number of hydrogen-bond donors (Lipinski definition) is 3. The topological polar surface area (TPSA) is 101 Å². The molecule has 0 bridgehead atoms. The Bertz CT molecular complexity index is 265. The van der Waals surface area contributed by atoms with Crippen LogP contribution in [0.4, 0.5) is 4.79 Å². The number of halogens is 1. The van der Waals surface area contributed by atoms with E-state index in [1.54, 1.807) is 0 Å². The molecule has 0 aromatic rings. The molecule has 0 unspecified atom stereocenters. The molecule has 0 saturated heterocycles. The van der Waals surface area contributed by atoms with Gasteiger partial charge in [-0.1, -0.05) is 0 Å². The first-order chi connectivity index (χ1) is 6.29. The van der Waals surface area contributed by atoms with Crippen molar-refractivity contribution in [1.29, 1.82) is 0 Å². The highest BCUT2D eigenvalue weighted by Crippen LogP contribution is 1.99. The minimum absolute atomic E-state index is 0.329. The fourth-order valence-corrected chi connectivity index (χ4v) is 0.604. The summed E-state index contributed by atoms with van der Waals surface area (Å²) >= 11 is 5.15. The second kappa shape index (κ2) is 4.80. The lowest BCUT2D eigenvalue weighted by atomic mass is 10.1. The van der Waals surface area contributed by atoms with Gasteiger partial charge in [0.05, 0.1) is 0 Å². The maximum Gasteiger partial charge on any atom is 0.322 e. The molecule has 0 rings (SSSR count). The normalized spacial score (nSPS) is 10.5. The van der Waals surface area contributed by atoms with Gasteiger partial charge in [0.1, 0.15) is 11.4 Å². The van der Waals surface area contributed by atoms with Gasteiger partial charge in [-0.3, -0.25) is 14.9 Å². The van der Waals surface area contributed by atoms with E-state index in [0.717, 1.165) is 0 Å². The minimum Gasteiger partial charge on any atom is -0.368 e. The van der Waals surface area contributed by atoms with Crippen LogP contribution in [0.5, 0.6) is 0 Å². The minimum atomic E-state index is -1.21. The molecule has 0 aliphatic carbocycles. The molecule has 4 amide bonds. The fraction of sp³-hybridized carbons (Fsp3) is 0.571. The van der Waals surface area contributed by atoms with Gasteiger partial charge in [-0.05, 0) is 13.8 Å². The first-order valence-corrected chi connectivity index (χ1v) is 4.31. The van der Waals surface area contributed by atoms with E-state index in [1.807, 2.05) is 5.32 Å². The summed E-state index contributed by atoms with van der Waals surface area (Å²) in [4.78, 5) is 32.5. The van der Waals surface area contributed by atoms with Crippen molar-refractivity contribution in [3.05, 3.63) is 0 Å². The second-order valence-electron chi connectivity index (χ2n) is 3.13.